The Balaban J connectivity index is 1.72. The van der Waals surface area contributed by atoms with Crippen molar-refractivity contribution >= 4 is 16.8 Å². The molecule has 1 amide bonds. The Morgan fingerprint density at radius 3 is 2.69 bits per heavy atom. The van der Waals surface area contributed by atoms with Crippen LogP contribution in [0.25, 0.3) is 10.9 Å². The average molecular weight is 401 g/mol. The Kier molecular flexibility index (Phi) is 5.31. The first-order valence-corrected chi connectivity index (χ1v) is 10.3. The van der Waals surface area contributed by atoms with Crippen molar-refractivity contribution in [1.29, 1.82) is 0 Å². The molecular weight excluding hydrogens is 368 g/mol. The highest BCUT2D eigenvalue weighted by molar-refractivity contribution is 5.88. The first-order valence-electron chi connectivity index (χ1n) is 10.3. The van der Waals surface area contributed by atoms with Crippen molar-refractivity contribution in [2.45, 2.75) is 24.3 Å². The molecule has 0 saturated carbocycles. The molecule has 3 heterocycles. The highest BCUT2D eigenvalue weighted by atomic mass is 16.5. The fraction of sp³-hybridized carbons (Fsp3) is 0.591. The summed E-state index contributed by atoms with van der Waals surface area (Å²) in [6, 6.07) is 6.13. The van der Waals surface area contributed by atoms with Gasteiger partial charge in [-0.3, -0.25) is 9.69 Å². The molecule has 2 aromatic rings. The normalized spacial score (nSPS) is 21.7. The van der Waals surface area contributed by atoms with Crippen LogP contribution in [0.2, 0.25) is 0 Å². The number of carbonyl (C=O) groups excluding carboxylic acids is 1. The first-order chi connectivity index (χ1) is 13.9. The van der Waals surface area contributed by atoms with Gasteiger partial charge in [0.1, 0.15) is 5.75 Å². The van der Waals surface area contributed by atoms with Crippen LogP contribution in [-0.2, 0) is 10.2 Å². The van der Waals surface area contributed by atoms with E-state index in [-0.39, 0.29) is 24.0 Å². The third-order valence-corrected chi connectivity index (χ3v) is 6.68. The zero-order valence-corrected chi connectivity index (χ0v) is 17.9. The van der Waals surface area contributed by atoms with Crippen molar-refractivity contribution in [1.82, 2.24) is 19.7 Å². The molecule has 1 saturated heterocycles. The van der Waals surface area contributed by atoms with Crippen LogP contribution in [0.4, 0.5) is 0 Å². The number of nitrogens with zero attached hydrogens (tertiary/aromatic N) is 3. The maximum atomic E-state index is 12.5. The maximum Gasteiger partial charge on any atom is 0.236 e. The van der Waals surface area contributed by atoms with Gasteiger partial charge in [0.2, 0.25) is 5.91 Å². The molecule has 1 aromatic heterocycles. The molecule has 1 aromatic carbocycles. The van der Waals surface area contributed by atoms with E-state index in [0.717, 1.165) is 49.4 Å². The molecule has 29 heavy (non-hydrogen) atoms. The van der Waals surface area contributed by atoms with Gasteiger partial charge in [0.05, 0.1) is 26.3 Å². The fourth-order valence-corrected chi connectivity index (χ4v) is 5.23. The Labute approximate surface area is 172 Å². The number of hydrogen-bond donors (Lipinski definition) is 2. The predicted octanol–water partition coefficient (Wildman–Crippen LogP) is 1.58. The van der Waals surface area contributed by atoms with Gasteiger partial charge in [0, 0.05) is 47.7 Å². The second kappa shape index (κ2) is 7.63. The lowest BCUT2D eigenvalue weighted by Gasteiger charge is -2.49. The van der Waals surface area contributed by atoms with E-state index >= 15 is 0 Å². The number of aromatic amines is 1. The van der Waals surface area contributed by atoms with Crippen LogP contribution in [0.15, 0.2) is 18.2 Å². The number of hydrogen-bond acceptors (Lipinski definition) is 5. The zero-order chi connectivity index (χ0) is 20.8. The number of methoxy groups -OCH3 is 1. The largest absolute Gasteiger partial charge is 0.497 e. The maximum absolute atomic E-state index is 12.5. The van der Waals surface area contributed by atoms with E-state index in [2.05, 4.69) is 23.0 Å². The van der Waals surface area contributed by atoms with E-state index in [0.29, 0.717) is 6.54 Å². The van der Waals surface area contributed by atoms with Crippen molar-refractivity contribution in [2.24, 2.45) is 0 Å². The van der Waals surface area contributed by atoms with Crippen LogP contribution < -0.4 is 4.74 Å². The molecule has 1 atom stereocenters. The number of piperidine rings is 1. The van der Waals surface area contributed by atoms with Crippen molar-refractivity contribution in [3.63, 3.8) is 0 Å². The zero-order valence-electron chi connectivity index (χ0n) is 17.9. The number of aromatic nitrogens is 1. The predicted molar refractivity (Wildman–Crippen MR) is 113 cm³/mol. The summed E-state index contributed by atoms with van der Waals surface area (Å²) in [5.41, 5.74) is 3.47. The van der Waals surface area contributed by atoms with Gasteiger partial charge in [-0.1, -0.05) is 0 Å². The van der Waals surface area contributed by atoms with E-state index in [1.165, 1.54) is 10.9 Å². The van der Waals surface area contributed by atoms with Crippen LogP contribution in [0, 0.1) is 0 Å². The molecule has 2 aliphatic rings. The quantitative estimate of drug-likeness (QED) is 0.815. The number of aliphatic hydroxyl groups excluding tert-OH is 1. The highest BCUT2D eigenvalue weighted by Gasteiger charge is 2.46. The smallest absolute Gasteiger partial charge is 0.236 e. The first kappa shape index (κ1) is 20.2. The lowest BCUT2D eigenvalue weighted by atomic mass is 9.68. The van der Waals surface area contributed by atoms with E-state index in [1.807, 2.05) is 36.0 Å². The second-order valence-electron chi connectivity index (χ2n) is 8.84. The summed E-state index contributed by atoms with van der Waals surface area (Å²) >= 11 is 0. The number of nitrogens with one attached hydrogen (secondary N) is 1. The summed E-state index contributed by atoms with van der Waals surface area (Å²) in [5.74, 6) is 1.02. The van der Waals surface area contributed by atoms with E-state index < -0.39 is 0 Å². The van der Waals surface area contributed by atoms with Gasteiger partial charge in [-0.25, -0.2) is 0 Å². The van der Waals surface area contributed by atoms with E-state index in [9.17, 15) is 9.90 Å². The highest BCUT2D eigenvalue weighted by Crippen LogP contribution is 2.48. The number of fused-ring (bicyclic) bond motifs is 4. The molecule has 2 N–H and O–H groups in total. The Morgan fingerprint density at radius 2 is 2.07 bits per heavy atom. The summed E-state index contributed by atoms with van der Waals surface area (Å²) in [7, 11) is 7.62. The summed E-state index contributed by atoms with van der Waals surface area (Å²) in [6.07, 6.45) is 1.86. The minimum absolute atomic E-state index is 0.0164. The number of H-pyrrole nitrogens is 1. The molecule has 0 aliphatic carbocycles. The van der Waals surface area contributed by atoms with Crippen LogP contribution in [0.5, 0.6) is 5.75 Å². The summed E-state index contributed by atoms with van der Waals surface area (Å²) in [5, 5.41) is 11.3. The van der Waals surface area contributed by atoms with Crippen LogP contribution in [0.1, 0.15) is 30.1 Å². The standard InChI is InChI=1S/C22H32N4O3/c1-24(2)12-19(28)26-9-7-22(8-10-26)14-25(3)18(13-27)21-20(22)16-6-5-15(29-4)11-17(16)23-21/h5-6,11,18,23,27H,7-10,12-14H2,1-4H3/t18-/m0/s1. The van der Waals surface area contributed by atoms with Gasteiger partial charge in [0.15, 0.2) is 0 Å². The molecule has 2 aliphatic heterocycles. The minimum Gasteiger partial charge on any atom is -0.497 e. The molecular formula is C22H32N4O3. The average Bonchev–Trinajstić information content (AvgIpc) is 3.07. The molecule has 158 valence electrons. The van der Waals surface area contributed by atoms with Gasteiger partial charge in [-0.05, 0) is 51.7 Å². The number of benzene rings is 1. The summed E-state index contributed by atoms with van der Waals surface area (Å²) < 4.78 is 5.41. The number of rotatable bonds is 4. The molecule has 0 radical (unpaired) electrons. The SMILES string of the molecule is COc1ccc2c3c([nH]c2c1)[C@H](CO)N(C)CC31CCN(C(=O)CN(C)C)CC1. The Bertz CT molecular complexity index is 899. The molecule has 0 unspecified atom stereocenters. The monoisotopic (exact) mass is 400 g/mol. The lowest BCUT2D eigenvalue weighted by molar-refractivity contribution is -0.133. The molecule has 7 heteroatoms. The van der Waals surface area contributed by atoms with Gasteiger partial charge < -0.3 is 24.6 Å². The number of amides is 1. The van der Waals surface area contributed by atoms with Crippen molar-refractivity contribution in [2.75, 3.05) is 61.0 Å². The molecule has 7 nitrogen and oxygen atoms in total. The number of likely N-dealkylation sites (N-methyl/N-ethyl adjacent to an activating group) is 2. The topological polar surface area (TPSA) is 72.0 Å². The van der Waals surface area contributed by atoms with Crippen molar-refractivity contribution in [3.8, 4) is 5.75 Å². The van der Waals surface area contributed by atoms with Gasteiger partial charge in [0.25, 0.3) is 0 Å². The number of carbonyl (C=O) groups is 1. The Morgan fingerprint density at radius 1 is 1.34 bits per heavy atom. The third kappa shape index (κ3) is 3.41. The minimum atomic E-state index is -0.0394. The fourth-order valence-electron chi connectivity index (χ4n) is 5.23. The second-order valence-corrected chi connectivity index (χ2v) is 8.84. The van der Waals surface area contributed by atoms with Crippen molar-refractivity contribution < 1.29 is 14.6 Å². The third-order valence-electron chi connectivity index (χ3n) is 6.68. The molecule has 0 bridgehead atoms. The van der Waals surface area contributed by atoms with Gasteiger partial charge >= 0.3 is 0 Å². The van der Waals surface area contributed by atoms with Crippen molar-refractivity contribution in [3.05, 3.63) is 29.5 Å². The lowest BCUT2D eigenvalue weighted by Crippen LogP contribution is -2.54. The number of aliphatic hydroxyl groups is 1. The van der Waals surface area contributed by atoms with Crippen LogP contribution in [-0.4, -0.2) is 91.7 Å². The molecule has 4 rings (SSSR count). The van der Waals surface area contributed by atoms with Crippen LogP contribution >= 0.6 is 0 Å². The number of ether oxygens (including phenoxy) is 1. The van der Waals surface area contributed by atoms with E-state index in [4.69, 9.17) is 4.74 Å². The summed E-state index contributed by atoms with van der Waals surface area (Å²) in [6.45, 7) is 2.97. The van der Waals surface area contributed by atoms with E-state index in [1.54, 1.807) is 7.11 Å². The van der Waals surface area contributed by atoms with Gasteiger partial charge in [-0.2, -0.15) is 0 Å². The number of likely N-dealkylation sites (tertiary alicyclic amines) is 1. The molecule has 1 spiro atoms. The van der Waals surface area contributed by atoms with Gasteiger partial charge in [-0.15, -0.1) is 0 Å². The molecule has 1 fully saturated rings. The Hall–Kier alpha value is -2.09. The van der Waals surface area contributed by atoms with Crippen LogP contribution in [0.3, 0.4) is 0 Å². The summed E-state index contributed by atoms with van der Waals surface area (Å²) in [4.78, 5) is 22.3.